The summed E-state index contributed by atoms with van der Waals surface area (Å²) in [4.78, 5) is 12.3. The molecular weight excluding hydrogens is 603 g/mol. The summed E-state index contributed by atoms with van der Waals surface area (Å²) in [5, 5.41) is 3.28. The van der Waals surface area contributed by atoms with E-state index in [2.05, 4.69) is 8.85 Å². The summed E-state index contributed by atoms with van der Waals surface area (Å²) < 4.78 is 49.9. The average Bonchev–Trinajstić information content (AvgIpc) is 3.14. The molecule has 3 unspecified atom stereocenters. The van der Waals surface area contributed by atoms with E-state index in [1.165, 1.54) is 18.2 Å². The Morgan fingerprint density at radius 2 is 1.91 bits per heavy atom. The van der Waals surface area contributed by atoms with Crippen molar-refractivity contribution in [1.82, 2.24) is 8.85 Å². The Hall–Kier alpha value is -1.33. The van der Waals surface area contributed by atoms with Gasteiger partial charge in [-0.25, -0.2) is 3.53 Å². The number of rotatable bonds is 8. The van der Waals surface area contributed by atoms with Gasteiger partial charge in [0.2, 0.25) is 5.91 Å². The summed E-state index contributed by atoms with van der Waals surface area (Å²) >= 11 is 13.7. The van der Waals surface area contributed by atoms with Gasteiger partial charge in [0.1, 0.15) is 0 Å². The topological polar surface area (TPSA) is 50.4 Å². The average molecular weight is 627 g/mol. The van der Waals surface area contributed by atoms with Gasteiger partial charge in [0.05, 0.1) is 30.2 Å². The minimum atomic E-state index is -4.61. The van der Waals surface area contributed by atoms with Crippen LogP contribution < -0.4 is 8.85 Å². The Labute approximate surface area is 220 Å². The molecule has 0 saturated heterocycles. The molecule has 1 amide bonds. The zero-order valence-electron chi connectivity index (χ0n) is 18.5. The van der Waals surface area contributed by atoms with Gasteiger partial charge in [-0.1, -0.05) is 41.4 Å². The highest BCUT2D eigenvalue weighted by molar-refractivity contribution is 14.1. The van der Waals surface area contributed by atoms with Crippen LogP contribution in [0.2, 0.25) is 10.0 Å². The second-order valence-corrected chi connectivity index (χ2v) is 9.69. The molecular formula is C24H24Cl2F3IN2O2. The predicted molar refractivity (Wildman–Crippen MR) is 137 cm³/mol. The molecule has 10 heteroatoms. The fourth-order valence-corrected chi connectivity index (χ4v) is 5.07. The lowest BCUT2D eigenvalue weighted by Gasteiger charge is -2.19. The smallest absolute Gasteiger partial charge is 0.381 e. The first-order valence-corrected chi connectivity index (χ1v) is 12.4. The maximum Gasteiger partial charge on any atom is 0.416 e. The predicted octanol–water partition coefficient (Wildman–Crippen LogP) is 7.15. The fourth-order valence-electron chi connectivity index (χ4n) is 4.00. The Kier molecular flexibility index (Phi) is 9.30. The summed E-state index contributed by atoms with van der Waals surface area (Å²) in [6.07, 6.45) is -1.93. The molecule has 4 nitrogen and oxygen atoms in total. The van der Waals surface area contributed by atoms with Gasteiger partial charge in [-0.3, -0.25) is 4.79 Å². The van der Waals surface area contributed by atoms with Gasteiger partial charge in [-0.15, -0.1) is 0 Å². The molecule has 2 aromatic rings. The van der Waals surface area contributed by atoms with Gasteiger partial charge in [-0.2, -0.15) is 13.2 Å². The summed E-state index contributed by atoms with van der Waals surface area (Å²) in [5.74, 6) is -0.0963. The van der Waals surface area contributed by atoms with E-state index in [1.54, 1.807) is 13.2 Å². The number of amides is 1. The van der Waals surface area contributed by atoms with Crippen molar-refractivity contribution in [1.29, 1.82) is 0 Å². The van der Waals surface area contributed by atoms with Crippen LogP contribution in [0.1, 0.15) is 54.1 Å². The van der Waals surface area contributed by atoms with E-state index in [0.717, 1.165) is 30.0 Å². The fraction of sp³-hybridized carbons (Fsp3) is 0.375. The lowest BCUT2D eigenvalue weighted by atomic mass is 9.96. The van der Waals surface area contributed by atoms with Crippen molar-refractivity contribution in [3.8, 4) is 0 Å². The van der Waals surface area contributed by atoms with Crippen LogP contribution in [-0.4, -0.2) is 25.3 Å². The van der Waals surface area contributed by atoms with Gasteiger partial charge in [-0.05, 0) is 66.3 Å². The number of aryl methyl sites for hydroxylation is 1. The number of carbonyl (C=O) groups is 1. The number of ether oxygens (including phenoxy) is 1. The SMILES string of the molecule is COC(C)CC(=O)NC1CCc2cc(C(/C=C(/c3cc(Cl)cc(Cl)c3)C(F)(F)F)NI)ccc21. The zero-order chi connectivity index (χ0) is 25.0. The first-order valence-electron chi connectivity index (χ1n) is 10.6. The molecule has 0 aromatic heterocycles. The summed E-state index contributed by atoms with van der Waals surface area (Å²) in [5.41, 5.74) is 1.74. The minimum absolute atomic E-state index is 0.0963. The van der Waals surface area contributed by atoms with E-state index in [-0.39, 0.29) is 40.1 Å². The van der Waals surface area contributed by atoms with Crippen LogP contribution in [-0.2, 0) is 16.0 Å². The highest BCUT2D eigenvalue weighted by atomic mass is 127. The summed E-state index contributed by atoms with van der Waals surface area (Å²) in [6.45, 7) is 1.83. The number of methoxy groups -OCH3 is 1. The number of alkyl halides is 3. The molecule has 3 rings (SSSR count). The molecule has 1 aliphatic rings. The molecule has 0 saturated carbocycles. The van der Waals surface area contributed by atoms with E-state index in [4.69, 9.17) is 27.9 Å². The van der Waals surface area contributed by atoms with Crippen molar-refractivity contribution in [2.24, 2.45) is 0 Å². The Bertz CT molecular complexity index is 1060. The number of halogens is 6. The number of hydrogen-bond donors (Lipinski definition) is 2. The molecule has 0 spiro atoms. The van der Waals surface area contributed by atoms with E-state index >= 15 is 0 Å². The van der Waals surface area contributed by atoms with Crippen LogP contribution in [0.15, 0.2) is 42.5 Å². The standard InChI is InChI=1S/C24H24Cl2F3IN2O2/c1-13(34-2)7-23(33)31-21-6-4-14-8-15(3-5-19(14)21)22(32-30)12-20(24(27,28)29)16-9-17(25)11-18(26)10-16/h3,5,8-13,21-22,32H,4,6-7H2,1-2H3,(H,31,33)/b20-12-. The molecule has 0 fully saturated rings. The normalized spacial score (nSPS) is 17.9. The van der Waals surface area contributed by atoms with Crippen molar-refractivity contribution in [2.75, 3.05) is 7.11 Å². The highest BCUT2D eigenvalue weighted by Gasteiger charge is 2.36. The molecule has 0 aliphatic heterocycles. The molecule has 2 N–H and O–H groups in total. The third-order valence-electron chi connectivity index (χ3n) is 5.74. The second kappa shape index (κ2) is 11.6. The van der Waals surface area contributed by atoms with Crippen molar-refractivity contribution in [3.63, 3.8) is 0 Å². The van der Waals surface area contributed by atoms with E-state index < -0.39 is 17.8 Å². The largest absolute Gasteiger partial charge is 0.416 e. The van der Waals surface area contributed by atoms with E-state index in [9.17, 15) is 18.0 Å². The number of benzene rings is 2. The Morgan fingerprint density at radius 1 is 1.24 bits per heavy atom. The van der Waals surface area contributed by atoms with E-state index in [0.29, 0.717) is 5.56 Å². The molecule has 0 bridgehead atoms. The van der Waals surface area contributed by atoms with Gasteiger partial charge >= 0.3 is 6.18 Å². The molecule has 2 aromatic carbocycles. The van der Waals surface area contributed by atoms with Crippen LogP contribution in [0.4, 0.5) is 13.2 Å². The zero-order valence-corrected chi connectivity index (χ0v) is 22.1. The van der Waals surface area contributed by atoms with Crippen molar-refractivity contribution >= 4 is 57.5 Å². The van der Waals surface area contributed by atoms with Gasteiger partial charge in [0.25, 0.3) is 0 Å². The molecule has 34 heavy (non-hydrogen) atoms. The maximum atomic E-state index is 14.0. The van der Waals surface area contributed by atoms with Crippen LogP contribution in [0, 0.1) is 0 Å². The third kappa shape index (κ3) is 6.87. The number of fused-ring (bicyclic) bond motifs is 1. The number of allylic oxidation sites excluding steroid dienone is 1. The highest BCUT2D eigenvalue weighted by Crippen LogP contribution is 2.39. The Morgan fingerprint density at radius 3 is 2.50 bits per heavy atom. The first-order chi connectivity index (χ1) is 16.0. The molecule has 184 valence electrons. The van der Waals surface area contributed by atoms with Crippen molar-refractivity contribution in [2.45, 2.75) is 50.6 Å². The van der Waals surface area contributed by atoms with Crippen molar-refractivity contribution in [3.05, 3.63) is 74.8 Å². The minimum Gasteiger partial charge on any atom is -0.381 e. The second-order valence-electron chi connectivity index (χ2n) is 8.19. The van der Waals surface area contributed by atoms with Crippen LogP contribution in [0.5, 0.6) is 0 Å². The molecule has 3 atom stereocenters. The molecule has 1 aliphatic carbocycles. The van der Waals surface area contributed by atoms with Gasteiger partial charge in [0.15, 0.2) is 0 Å². The number of hydrogen-bond acceptors (Lipinski definition) is 3. The monoisotopic (exact) mass is 626 g/mol. The van der Waals surface area contributed by atoms with Gasteiger partial charge in [0, 0.05) is 40.0 Å². The molecule has 0 radical (unpaired) electrons. The molecule has 0 heterocycles. The number of nitrogens with one attached hydrogen (secondary N) is 2. The van der Waals surface area contributed by atoms with Crippen LogP contribution in [0.25, 0.3) is 5.57 Å². The maximum absolute atomic E-state index is 14.0. The van der Waals surface area contributed by atoms with Crippen LogP contribution in [0.3, 0.4) is 0 Å². The lowest BCUT2D eigenvalue weighted by Crippen LogP contribution is -2.30. The lowest BCUT2D eigenvalue weighted by molar-refractivity contribution is -0.124. The summed E-state index contributed by atoms with van der Waals surface area (Å²) in [6, 6.07) is 8.60. The Balaban J connectivity index is 1.88. The van der Waals surface area contributed by atoms with Gasteiger partial charge < -0.3 is 10.1 Å². The quantitative estimate of drug-likeness (QED) is 0.242. The van der Waals surface area contributed by atoms with Crippen LogP contribution >= 0.6 is 46.1 Å². The first kappa shape index (κ1) is 27.3. The summed E-state index contributed by atoms with van der Waals surface area (Å²) in [7, 11) is 1.56. The third-order valence-corrected chi connectivity index (χ3v) is 6.85. The number of carbonyl (C=O) groups excluding carboxylic acids is 1. The van der Waals surface area contributed by atoms with E-state index in [1.807, 2.05) is 41.9 Å². The van der Waals surface area contributed by atoms with Crippen molar-refractivity contribution < 1.29 is 22.7 Å².